The summed E-state index contributed by atoms with van der Waals surface area (Å²) in [5.74, 6) is 0.670. The van der Waals surface area contributed by atoms with Crippen LogP contribution in [0.1, 0.15) is 0 Å². The molecule has 67 heavy (non-hydrogen) atoms. The molecule has 9 aromatic carbocycles. The summed E-state index contributed by atoms with van der Waals surface area (Å²) >= 11 is 0. The second-order valence-electron chi connectivity index (χ2n) is 16.8. The molecule has 0 N–H and O–H groups in total. The van der Waals surface area contributed by atoms with Crippen LogP contribution in [0.15, 0.2) is 255 Å². The van der Waals surface area contributed by atoms with E-state index in [4.69, 9.17) is 15.1 Å². The number of rotatable bonds is 9. The third-order valence-electron chi connectivity index (χ3n) is 12.6. The third kappa shape index (κ3) is 7.67. The highest BCUT2D eigenvalue weighted by molar-refractivity contribution is 6.09. The van der Waals surface area contributed by atoms with E-state index < -0.39 is 0 Å². The minimum atomic E-state index is 0.670. The summed E-state index contributed by atoms with van der Waals surface area (Å²) in [4.78, 5) is 10.5. The first-order valence-corrected chi connectivity index (χ1v) is 22.7. The zero-order chi connectivity index (χ0) is 44.5. The molecule has 314 valence electrons. The summed E-state index contributed by atoms with van der Waals surface area (Å²) < 4.78 is 2.15. The van der Waals surface area contributed by atoms with Crippen LogP contribution in [0.4, 0.5) is 0 Å². The summed E-state index contributed by atoms with van der Waals surface area (Å²) in [6, 6.07) is 89.9. The average molecular weight is 855 g/mol. The lowest BCUT2D eigenvalue weighted by Crippen LogP contribution is -1.97. The van der Waals surface area contributed by atoms with Gasteiger partial charge in [0, 0.05) is 38.8 Å². The zero-order valence-electron chi connectivity index (χ0n) is 36.5. The molecule has 0 bridgehead atoms. The number of nitrogens with zero attached hydrogens (tertiary/aromatic N) is 4. The molecule has 0 aliphatic carbocycles. The lowest BCUT2D eigenvalue weighted by atomic mass is 9.95. The van der Waals surface area contributed by atoms with Gasteiger partial charge in [-0.05, 0) is 74.7 Å². The van der Waals surface area contributed by atoms with Gasteiger partial charge in [-0.2, -0.15) is 5.10 Å². The molecule has 4 nitrogen and oxygen atoms in total. The van der Waals surface area contributed by atoms with Crippen molar-refractivity contribution in [3.8, 4) is 101 Å². The Hall–Kier alpha value is -8.99. The highest BCUT2D eigenvalue weighted by atomic mass is 15.2. The lowest BCUT2D eigenvalue weighted by molar-refractivity contribution is 0.979. The molecule has 0 radical (unpaired) electrons. The van der Waals surface area contributed by atoms with E-state index in [0.29, 0.717) is 5.82 Å². The van der Waals surface area contributed by atoms with Gasteiger partial charge < -0.3 is 0 Å². The molecule has 0 saturated heterocycles. The Morgan fingerprint density at radius 2 is 0.701 bits per heavy atom. The standard InChI is InChI=1S/C63H42N4/c1-6-18-43(19-7-1)50-28-16-30-54(38-50)57-42-58(55-31-17-29-51(39-55)44-20-8-2-9-21-44)65-63(64-57)49-34-32-45(33-35-49)52-36-37-53-41-59(46-22-10-3-11-23-46)67-62(56(53)40-52)60(47-24-12-4-13-25-47)61(66-67)48-26-14-5-15-27-48/h1-42H. The summed E-state index contributed by atoms with van der Waals surface area (Å²) in [5, 5.41) is 7.71. The fourth-order valence-corrected chi connectivity index (χ4v) is 9.27. The van der Waals surface area contributed by atoms with Crippen molar-refractivity contribution in [3.05, 3.63) is 255 Å². The van der Waals surface area contributed by atoms with Crippen molar-refractivity contribution >= 4 is 16.3 Å². The molecule has 0 aliphatic heterocycles. The number of aromatic nitrogens is 4. The van der Waals surface area contributed by atoms with Crippen molar-refractivity contribution in [2.45, 2.75) is 0 Å². The first-order valence-electron chi connectivity index (χ1n) is 22.7. The number of pyridine rings is 1. The maximum absolute atomic E-state index is 5.43. The molecule has 4 heteroatoms. The first-order chi connectivity index (χ1) is 33.2. The van der Waals surface area contributed by atoms with E-state index in [1.807, 2.05) is 0 Å². The van der Waals surface area contributed by atoms with Crippen LogP contribution in [0.5, 0.6) is 0 Å². The third-order valence-corrected chi connectivity index (χ3v) is 12.6. The minimum absolute atomic E-state index is 0.670. The Morgan fingerprint density at radius 3 is 1.25 bits per heavy atom. The zero-order valence-corrected chi connectivity index (χ0v) is 36.5. The van der Waals surface area contributed by atoms with E-state index in [1.165, 1.54) is 0 Å². The van der Waals surface area contributed by atoms with Crippen molar-refractivity contribution in [1.29, 1.82) is 0 Å². The molecule has 0 fully saturated rings. The highest BCUT2D eigenvalue weighted by Gasteiger charge is 2.22. The van der Waals surface area contributed by atoms with Crippen molar-refractivity contribution < 1.29 is 0 Å². The average Bonchev–Trinajstić information content (AvgIpc) is 3.83. The van der Waals surface area contributed by atoms with Crippen LogP contribution in [-0.2, 0) is 0 Å². The van der Waals surface area contributed by atoms with E-state index in [1.54, 1.807) is 0 Å². The van der Waals surface area contributed by atoms with Gasteiger partial charge in [0.25, 0.3) is 0 Å². The SMILES string of the molecule is c1ccc(-c2cccc(-c3cc(-c4cccc(-c5ccccc5)c4)nc(-c4ccc(-c5ccc6cc(-c7ccccc7)n7nc(-c8ccccc8)c(-c8ccccc8)c7c6c5)cc4)n3)c2)cc1. The predicted octanol–water partition coefficient (Wildman–Crippen LogP) is 16.3. The molecular weight excluding hydrogens is 813 g/mol. The van der Waals surface area contributed by atoms with Crippen molar-refractivity contribution in [2.75, 3.05) is 0 Å². The lowest BCUT2D eigenvalue weighted by Gasteiger charge is -2.13. The first kappa shape index (κ1) is 39.6. The van der Waals surface area contributed by atoms with Crippen LogP contribution >= 0.6 is 0 Å². The van der Waals surface area contributed by atoms with Crippen LogP contribution in [0.3, 0.4) is 0 Å². The Balaban J connectivity index is 0.992. The van der Waals surface area contributed by atoms with Gasteiger partial charge in [0.05, 0.1) is 22.6 Å². The molecule has 12 rings (SSSR count). The molecule has 0 spiro atoms. The number of benzene rings is 9. The number of hydrogen-bond donors (Lipinski definition) is 0. The second kappa shape index (κ2) is 17.2. The Kier molecular flexibility index (Phi) is 10.2. The van der Waals surface area contributed by atoms with E-state index in [-0.39, 0.29) is 0 Å². The second-order valence-corrected chi connectivity index (χ2v) is 16.8. The van der Waals surface area contributed by atoms with E-state index in [2.05, 4.69) is 259 Å². The predicted molar refractivity (Wildman–Crippen MR) is 277 cm³/mol. The molecule has 0 atom stereocenters. The molecule has 0 aliphatic rings. The van der Waals surface area contributed by atoms with Crippen molar-refractivity contribution in [2.24, 2.45) is 0 Å². The topological polar surface area (TPSA) is 43.1 Å². The van der Waals surface area contributed by atoms with Gasteiger partial charge >= 0.3 is 0 Å². The van der Waals surface area contributed by atoms with Crippen LogP contribution in [0.2, 0.25) is 0 Å². The molecule has 0 amide bonds. The molecule has 0 unspecified atom stereocenters. The molecule has 0 saturated carbocycles. The van der Waals surface area contributed by atoms with Crippen LogP contribution in [0.25, 0.3) is 117 Å². The normalized spacial score (nSPS) is 11.3. The quantitative estimate of drug-likeness (QED) is 0.145. The summed E-state index contributed by atoms with van der Waals surface area (Å²) in [5.41, 5.74) is 19.0. The van der Waals surface area contributed by atoms with Crippen LogP contribution < -0.4 is 0 Å². The monoisotopic (exact) mass is 854 g/mol. The Morgan fingerprint density at radius 1 is 0.284 bits per heavy atom. The van der Waals surface area contributed by atoms with E-state index in [9.17, 15) is 0 Å². The summed E-state index contributed by atoms with van der Waals surface area (Å²) in [6.07, 6.45) is 0. The maximum Gasteiger partial charge on any atom is 0.160 e. The fourth-order valence-electron chi connectivity index (χ4n) is 9.27. The summed E-state index contributed by atoms with van der Waals surface area (Å²) in [6.45, 7) is 0. The van der Waals surface area contributed by atoms with Crippen LogP contribution in [-0.4, -0.2) is 19.6 Å². The maximum atomic E-state index is 5.43. The van der Waals surface area contributed by atoms with E-state index in [0.717, 1.165) is 111 Å². The van der Waals surface area contributed by atoms with Gasteiger partial charge in [0.15, 0.2) is 5.82 Å². The minimum Gasteiger partial charge on any atom is -0.231 e. The molecule has 12 aromatic rings. The molecular formula is C63H42N4. The Bertz CT molecular complexity index is 3600. The Labute approximate surface area is 389 Å². The number of fused-ring (bicyclic) bond motifs is 3. The van der Waals surface area contributed by atoms with Crippen molar-refractivity contribution in [3.63, 3.8) is 0 Å². The van der Waals surface area contributed by atoms with Gasteiger partial charge in [-0.1, -0.05) is 224 Å². The van der Waals surface area contributed by atoms with Gasteiger partial charge in [0.2, 0.25) is 0 Å². The largest absolute Gasteiger partial charge is 0.231 e. The molecule has 3 heterocycles. The highest BCUT2D eigenvalue weighted by Crippen LogP contribution is 2.42. The van der Waals surface area contributed by atoms with Crippen molar-refractivity contribution in [1.82, 2.24) is 19.6 Å². The van der Waals surface area contributed by atoms with Gasteiger partial charge in [0.1, 0.15) is 5.69 Å². The fraction of sp³-hybridized carbons (Fsp3) is 0. The smallest absolute Gasteiger partial charge is 0.160 e. The van der Waals surface area contributed by atoms with E-state index >= 15 is 0 Å². The summed E-state index contributed by atoms with van der Waals surface area (Å²) in [7, 11) is 0. The molecule has 3 aromatic heterocycles. The van der Waals surface area contributed by atoms with Gasteiger partial charge in [-0.3, -0.25) is 0 Å². The van der Waals surface area contributed by atoms with Crippen LogP contribution in [0, 0.1) is 0 Å². The number of hydrogen-bond acceptors (Lipinski definition) is 3. The van der Waals surface area contributed by atoms with Gasteiger partial charge in [-0.25, -0.2) is 14.5 Å². The van der Waals surface area contributed by atoms with Gasteiger partial charge in [-0.15, -0.1) is 0 Å².